The van der Waals surface area contributed by atoms with Crippen molar-refractivity contribution in [2.75, 3.05) is 20.3 Å². The molecule has 1 aromatic carbocycles. The van der Waals surface area contributed by atoms with Crippen LogP contribution in [0.2, 0.25) is 0 Å². The van der Waals surface area contributed by atoms with E-state index in [9.17, 15) is 4.79 Å². The van der Waals surface area contributed by atoms with E-state index in [1.54, 1.807) is 7.11 Å². The van der Waals surface area contributed by atoms with Crippen LogP contribution in [0.3, 0.4) is 0 Å². The van der Waals surface area contributed by atoms with Gasteiger partial charge in [0, 0.05) is 12.5 Å². The maximum Gasteiger partial charge on any atom is 0.223 e. The Bertz CT molecular complexity index is 554. The van der Waals surface area contributed by atoms with E-state index >= 15 is 0 Å². The number of benzene rings is 1. The van der Waals surface area contributed by atoms with Crippen LogP contribution >= 0.6 is 0 Å². The largest absolute Gasteiger partial charge is 0.496 e. The first-order valence-corrected chi connectivity index (χ1v) is 8.04. The van der Waals surface area contributed by atoms with Gasteiger partial charge in [0.2, 0.25) is 5.91 Å². The molecule has 0 aliphatic heterocycles. The number of aryl methyl sites for hydroxylation is 1. The van der Waals surface area contributed by atoms with Crippen LogP contribution in [0.15, 0.2) is 6.07 Å². The summed E-state index contributed by atoms with van der Waals surface area (Å²) in [7, 11) is 1.71. The molecule has 2 rings (SSSR count). The van der Waals surface area contributed by atoms with Crippen molar-refractivity contribution in [3.63, 3.8) is 0 Å². The van der Waals surface area contributed by atoms with Gasteiger partial charge in [0.25, 0.3) is 0 Å². The molecule has 0 aromatic heterocycles. The number of methoxy groups -OCH3 is 1. The van der Waals surface area contributed by atoms with Crippen molar-refractivity contribution in [3.05, 3.63) is 28.3 Å². The van der Waals surface area contributed by atoms with E-state index in [1.807, 2.05) is 6.92 Å². The Morgan fingerprint density at radius 1 is 1.45 bits per heavy atom. The Morgan fingerprint density at radius 3 is 2.82 bits per heavy atom. The number of rotatable bonds is 5. The zero-order valence-electron chi connectivity index (χ0n) is 14.0. The zero-order valence-corrected chi connectivity index (χ0v) is 14.0. The van der Waals surface area contributed by atoms with E-state index in [0.29, 0.717) is 12.5 Å². The van der Waals surface area contributed by atoms with Crippen molar-refractivity contribution in [3.8, 4) is 5.75 Å². The number of hydrogen-bond acceptors (Lipinski definition) is 3. The van der Waals surface area contributed by atoms with Crippen molar-refractivity contribution in [2.24, 2.45) is 11.8 Å². The zero-order chi connectivity index (χ0) is 16.3. The second-order valence-electron chi connectivity index (χ2n) is 6.28. The van der Waals surface area contributed by atoms with Crippen LogP contribution in [-0.4, -0.2) is 31.3 Å². The lowest BCUT2D eigenvalue weighted by Gasteiger charge is -2.31. The van der Waals surface area contributed by atoms with Crippen molar-refractivity contribution in [1.29, 1.82) is 0 Å². The lowest BCUT2D eigenvalue weighted by molar-refractivity contribution is -0.126. The van der Waals surface area contributed by atoms with Crippen LogP contribution < -0.4 is 10.1 Å². The summed E-state index contributed by atoms with van der Waals surface area (Å²) >= 11 is 0. The van der Waals surface area contributed by atoms with Crippen LogP contribution in [0.1, 0.15) is 35.6 Å². The van der Waals surface area contributed by atoms with Gasteiger partial charge >= 0.3 is 0 Å². The number of aliphatic hydroxyl groups excluding tert-OH is 1. The van der Waals surface area contributed by atoms with Crippen molar-refractivity contribution in [1.82, 2.24) is 5.32 Å². The summed E-state index contributed by atoms with van der Waals surface area (Å²) < 4.78 is 5.48. The highest BCUT2D eigenvalue weighted by Crippen LogP contribution is 2.37. The Hall–Kier alpha value is -1.55. The van der Waals surface area contributed by atoms with E-state index < -0.39 is 0 Å². The monoisotopic (exact) mass is 305 g/mol. The summed E-state index contributed by atoms with van der Waals surface area (Å²) in [5.74, 6) is 1.29. The summed E-state index contributed by atoms with van der Waals surface area (Å²) in [4.78, 5) is 12.1. The number of aliphatic hydroxyl groups is 1. The molecule has 0 fully saturated rings. The van der Waals surface area contributed by atoms with Gasteiger partial charge in [-0.1, -0.05) is 6.92 Å². The third-order valence-electron chi connectivity index (χ3n) is 4.99. The van der Waals surface area contributed by atoms with Gasteiger partial charge in [-0.15, -0.1) is 0 Å². The molecule has 0 radical (unpaired) electrons. The summed E-state index contributed by atoms with van der Waals surface area (Å²) in [6.45, 7) is 6.55. The summed E-state index contributed by atoms with van der Waals surface area (Å²) in [5.41, 5.74) is 5.27. The average molecular weight is 305 g/mol. The molecule has 122 valence electrons. The van der Waals surface area contributed by atoms with Gasteiger partial charge in [-0.2, -0.15) is 0 Å². The van der Waals surface area contributed by atoms with E-state index in [0.717, 1.165) is 25.0 Å². The Kier molecular flexibility index (Phi) is 5.46. The predicted octanol–water partition coefficient (Wildman–Crippen LogP) is 2.16. The number of ether oxygens (including phenoxy) is 1. The van der Waals surface area contributed by atoms with Crippen LogP contribution in [0.5, 0.6) is 5.75 Å². The molecule has 1 aliphatic rings. The molecule has 2 unspecified atom stereocenters. The summed E-state index contributed by atoms with van der Waals surface area (Å²) in [5, 5.41) is 11.6. The highest BCUT2D eigenvalue weighted by molar-refractivity contribution is 5.78. The minimum absolute atomic E-state index is 0.0124. The molecule has 2 N–H and O–H groups in total. The minimum Gasteiger partial charge on any atom is -0.496 e. The van der Waals surface area contributed by atoms with E-state index in [2.05, 4.69) is 25.2 Å². The van der Waals surface area contributed by atoms with Crippen molar-refractivity contribution < 1.29 is 14.6 Å². The van der Waals surface area contributed by atoms with E-state index in [4.69, 9.17) is 9.84 Å². The molecule has 2 atom stereocenters. The van der Waals surface area contributed by atoms with Gasteiger partial charge in [0.05, 0.1) is 13.7 Å². The Morgan fingerprint density at radius 2 is 2.18 bits per heavy atom. The third kappa shape index (κ3) is 3.27. The highest BCUT2D eigenvalue weighted by atomic mass is 16.5. The number of fused-ring (bicyclic) bond motifs is 1. The molecule has 22 heavy (non-hydrogen) atoms. The van der Waals surface area contributed by atoms with Crippen molar-refractivity contribution in [2.45, 2.75) is 40.0 Å². The summed E-state index contributed by atoms with van der Waals surface area (Å²) in [6.07, 6.45) is 2.98. The minimum atomic E-state index is -0.0365. The second kappa shape index (κ2) is 7.14. The van der Waals surface area contributed by atoms with Crippen LogP contribution in [0.25, 0.3) is 0 Å². The number of amides is 1. The number of carbonyl (C=O) groups is 1. The predicted molar refractivity (Wildman–Crippen MR) is 87.2 cm³/mol. The first-order chi connectivity index (χ1) is 10.5. The molecular formula is C18H27NO3. The smallest absolute Gasteiger partial charge is 0.223 e. The molecule has 0 heterocycles. The average Bonchev–Trinajstić information content (AvgIpc) is 2.54. The fourth-order valence-corrected chi connectivity index (χ4v) is 3.52. The fraction of sp³-hybridized carbons (Fsp3) is 0.611. The molecule has 1 amide bonds. The van der Waals surface area contributed by atoms with Crippen molar-refractivity contribution >= 4 is 5.91 Å². The van der Waals surface area contributed by atoms with Crippen LogP contribution in [0, 0.1) is 25.7 Å². The third-order valence-corrected chi connectivity index (χ3v) is 4.99. The maximum absolute atomic E-state index is 12.1. The van der Waals surface area contributed by atoms with Gasteiger partial charge in [0.15, 0.2) is 0 Å². The van der Waals surface area contributed by atoms with E-state index in [-0.39, 0.29) is 18.4 Å². The number of nitrogens with one attached hydrogen (secondary N) is 1. The summed E-state index contributed by atoms with van der Waals surface area (Å²) in [6, 6.07) is 2.12. The van der Waals surface area contributed by atoms with Gasteiger partial charge < -0.3 is 15.2 Å². The molecule has 4 nitrogen and oxygen atoms in total. The molecule has 1 aromatic rings. The maximum atomic E-state index is 12.1. The molecule has 1 aliphatic carbocycles. The molecule has 4 heteroatoms. The molecular weight excluding hydrogens is 278 g/mol. The van der Waals surface area contributed by atoms with Crippen LogP contribution in [-0.2, 0) is 17.6 Å². The first kappa shape index (κ1) is 16.8. The lowest BCUT2D eigenvalue weighted by Crippen LogP contribution is -2.37. The highest BCUT2D eigenvalue weighted by Gasteiger charge is 2.30. The Balaban J connectivity index is 2.20. The molecule has 0 saturated carbocycles. The fourth-order valence-electron chi connectivity index (χ4n) is 3.52. The quantitative estimate of drug-likeness (QED) is 0.876. The lowest BCUT2D eigenvalue weighted by atomic mass is 9.75. The molecule has 0 saturated heterocycles. The topological polar surface area (TPSA) is 58.6 Å². The molecule has 0 spiro atoms. The number of carbonyl (C=O) groups excluding carboxylic acids is 1. The number of hydrogen-bond donors (Lipinski definition) is 2. The second-order valence-corrected chi connectivity index (χ2v) is 6.28. The SMILES string of the molecule is COc1cc(C)c2c(c1C)CC(C(C)C(=O)NCCO)CC2. The van der Waals surface area contributed by atoms with Gasteiger partial charge in [-0.3, -0.25) is 4.79 Å². The molecule has 0 bridgehead atoms. The first-order valence-electron chi connectivity index (χ1n) is 8.04. The van der Waals surface area contributed by atoms with E-state index in [1.165, 1.54) is 22.3 Å². The van der Waals surface area contributed by atoms with Gasteiger partial charge in [-0.25, -0.2) is 0 Å². The van der Waals surface area contributed by atoms with Gasteiger partial charge in [-0.05, 0) is 67.3 Å². The standard InChI is InChI=1S/C18H27NO3/c1-11-9-17(22-4)13(3)16-10-14(5-6-15(11)16)12(2)18(21)19-7-8-20/h9,12,14,20H,5-8,10H2,1-4H3,(H,19,21). The Labute approximate surface area is 132 Å². The van der Waals surface area contributed by atoms with Gasteiger partial charge in [0.1, 0.15) is 5.75 Å². The normalized spacial score (nSPS) is 18.5. The van der Waals surface area contributed by atoms with Crippen LogP contribution in [0.4, 0.5) is 0 Å².